The monoisotopic (exact) mass is 599 g/mol. The fourth-order valence-electron chi connectivity index (χ4n) is 5.10. The average Bonchev–Trinajstić information content (AvgIpc) is 2.93. The van der Waals surface area contributed by atoms with Crippen molar-refractivity contribution in [1.29, 1.82) is 5.41 Å². The van der Waals surface area contributed by atoms with Gasteiger partial charge in [0.05, 0.1) is 10.9 Å². The van der Waals surface area contributed by atoms with Gasteiger partial charge in [-0.3, -0.25) is 5.41 Å². The van der Waals surface area contributed by atoms with Gasteiger partial charge in [-0.1, -0.05) is 66.2 Å². The Labute approximate surface area is 246 Å². The number of nitrogens with two attached hydrogens (primary N) is 2. The number of hydrogen-bond acceptors (Lipinski definition) is 5. The van der Waals surface area contributed by atoms with Gasteiger partial charge in [0.1, 0.15) is 5.84 Å². The molecule has 0 radical (unpaired) electrons. The maximum atomic E-state index is 13.8. The lowest BCUT2D eigenvalue weighted by Gasteiger charge is -2.37. The third kappa shape index (κ3) is 7.44. The normalized spacial score (nSPS) is 15.1. The van der Waals surface area contributed by atoms with E-state index in [0.717, 1.165) is 37.9 Å². The first kappa shape index (κ1) is 30.1. The summed E-state index contributed by atoms with van der Waals surface area (Å²) in [5.74, 6) is 0.524. The van der Waals surface area contributed by atoms with Crippen LogP contribution in [0.5, 0.6) is 0 Å². The van der Waals surface area contributed by atoms with Crippen molar-refractivity contribution in [3.05, 3.63) is 100 Å². The Morgan fingerprint density at radius 1 is 1.07 bits per heavy atom. The van der Waals surface area contributed by atoms with Crippen LogP contribution in [0.25, 0.3) is 11.1 Å². The summed E-state index contributed by atoms with van der Waals surface area (Å²) in [6.07, 6.45) is 3.31. The third-order valence-electron chi connectivity index (χ3n) is 7.36. The van der Waals surface area contributed by atoms with Crippen molar-refractivity contribution < 1.29 is 8.42 Å². The second kappa shape index (κ2) is 13.2. The molecule has 1 fully saturated rings. The Morgan fingerprint density at radius 2 is 1.80 bits per heavy atom. The summed E-state index contributed by atoms with van der Waals surface area (Å²) in [4.78, 5) is 2.28. The summed E-state index contributed by atoms with van der Waals surface area (Å²) in [7, 11) is -3.95. The summed E-state index contributed by atoms with van der Waals surface area (Å²) >= 11 is 12.4. The summed E-state index contributed by atoms with van der Waals surface area (Å²) in [6.45, 7) is 6.59. The largest absolute Gasteiger partial charge is 0.384 e. The van der Waals surface area contributed by atoms with E-state index in [4.69, 9.17) is 40.1 Å². The van der Waals surface area contributed by atoms with Gasteiger partial charge >= 0.3 is 0 Å². The van der Waals surface area contributed by atoms with Crippen LogP contribution in [0.15, 0.2) is 83.9 Å². The number of sulfonamides is 1. The molecule has 1 atom stereocenters. The maximum Gasteiger partial charge on any atom is 0.241 e. The molecule has 6 N–H and O–H groups in total. The van der Waals surface area contributed by atoms with Gasteiger partial charge in [0.15, 0.2) is 0 Å². The first-order valence-electron chi connectivity index (χ1n) is 13.2. The van der Waals surface area contributed by atoms with E-state index >= 15 is 0 Å². The van der Waals surface area contributed by atoms with Crippen molar-refractivity contribution in [2.45, 2.75) is 36.6 Å². The van der Waals surface area contributed by atoms with E-state index in [1.807, 2.05) is 24.3 Å². The van der Waals surface area contributed by atoms with Gasteiger partial charge in [0, 0.05) is 40.0 Å². The zero-order valence-electron chi connectivity index (χ0n) is 22.2. The van der Waals surface area contributed by atoms with Gasteiger partial charge in [0.25, 0.3) is 0 Å². The molecule has 0 aliphatic carbocycles. The van der Waals surface area contributed by atoms with Crippen LogP contribution in [0.3, 0.4) is 0 Å². The molecule has 1 aliphatic rings. The van der Waals surface area contributed by atoms with E-state index in [1.54, 1.807) is 42.5 Å². The SMILES string of the molecule is C=C(C(Cc1cccc(C(=N)N)c1)NS(=O)(=O)c1cccc(-c2ccc(Cl)cc2Cl)c1)N1CCC(CCN)CC1. The molecule has 4 rings (SSSR count). The minimum atomic E-state index is -3.95. The van der Waals surface area contributed by atoms with Crippen molar-refractivity contribution in [3.8, 4) is 11.1 Å². The maximum absolute atomic E-state index is 13.8. The van der Waals surface area contributed by atoms with E-state index in [2.05, 4.69) is 16.2 Å². The predicted molar refractivity (Wildman–Crippen MR) is 164 cm³/mol. The van der Waals surface area contributed by atoms with Crippen LogP contribution >= 0.6 is 23.2 Å². The highest BCUT2D eigenvalue weighted by Gasteiger charge is 2.28. The molecular formula is C30H35Cl2N5O2S. The van der Waals surface area contributed by atoms with Crippen molar-refractivity contribution in [3.63, 3.8) is 0 Å². The van der Waals surface area contributed by atoms with Crippen molar-refractivity contribution in [1.82, 2.24) is 9.62 Å². The number of benzene rings is 3. The van der Waals surface area contributed by atoms with Crippen LogP contribution in [0.2, 0.25) is 10.0 Å². The lowest BCUT2D eigenvalue weighted by Crippen LogP contribution is -2.45. The average molecular weight is 601 g/mol. The van der Waals surface area contributed by atoms with Gasteiger partial charge in [0.2, 0.25) is 10.0 Å². The highest BCUT2D eigenvalue weighted by atomic mass is 35.5. The van der Waals surface area contributed by atoms with E-state index in [1.165, 1.54) is 0 Å². The van der Waals surface area contributed by atoms with Crippen LogP contribution in [0.1, 0.15) is 30.4 Å². The molecular weight excluding hydrogens is 565 g/mol. The minimum absolute atomic E-state index is 0.0440. The smallest absolute Gasteiger partial charge is 0.241 e. The topological polar surface area (TPSA) is 125 Å². The number of piperidine rings is 1. The molecule has 0 amide bonds. The molecule has 0 bridgehead atoms. The highest BCUT2D eigenvalue weighted by molar-refractivity contribution is 7.89. The van der Waals surface area contributed by atoms with Crippen molar-refractivity contribution in [2.24, 2.45) is 17.4 Å². The Kier molecular flexibility index (Phi) is 9.92. The molecule has 40 heavy (non-hydrogen) atoms. The van der Waals surface area contributed by atoms with E-state index < -0.39 is 16.1 Å². The molecule has 1 saturated heterocycles. The van der Waals surface area contributed by atoms with Crippen LogP contribution in [0, 0.1) is 11.3 Å². The molecule has 1 heterocycles. The number of nitrogens with zero attached hydrogens (tertiary/aromatic N) is 1. The van der Waals surface area contributed by atoms with Crippen LogP contribution in [-0.4, -0.2) is 44.8 Å². The lowest BCUT2D eigenvalue weighted by molar-refractivity contribution is 0.209. The molecule has 212 valence electrons. The summed E-state index contributed by atoms with van der Waals surface area (Å²) < 4.78 is 30.4. The van der Waals surface area contributed by atoms with E-state index in [9.17, 15) is 8.42 Å². The number of rotatable bonds is 11. The number of hydrogen-bond donors (Lipinski definition) is 4. The second-order valence-corrected chi connectivity index (χ2v) is 12.7. The summed E-state index contributed by atoms with van der Waals surface area (Å²) in [6, 6.07) is 18.5. The Balaban J connectivity index is 1.62. The molecule has 0 spiro atoms. The van der Waals surface area contributed by atoms with Crippen LogP contribution < -0.4 is 16.2 Å². The molecule has 0 aromatic heterocycles. The zero-order chi connectivity index (χ0) is 28.9. The first-order valence-corrected chi connectivity index (χ1v) is 15.5. The molecule has 10 heteroatoms. The standard InChI is InChI=1S/C30H35Cl2N5O2S/c1-20(37-14-11-21(10-13-33)12-15-37)29(17-22-4-2-6-24(16-22)30(34)35)36-40(38,39)26-7-3-5-23(18-26)27-9-8-25(31)19-28(27)32/h2-9,16,18-19,21,29,36H,1,10-15,17,33H2,(H3,34,35). The van der Waals surface area contributed by atoms with Gasteiger partial charge < -0.3 is 16.4 Å². The van der Waals surface area contributed by atoms with Gasteiger partial charge in [-0.15, -0.1) is 0 Å². The molecule has 7 nitrogen and oxygen atoms in total. The van der Waals surface area contributed by atoms with Gasteiger partial charge in [-0.2, -0.15) is 0 Å². The number of likely N-dealkylation sites (tertiary alicyclic amines) is 1. The minimum Gasteiger partial charge on any atom is -0.384 e. The third-order valence-corrected chi connectivity index (χ3v) is 9.38. The Hall–Kier alpha value is -2.88. The first-order chi connectivity index (χ1) is 19.1. The molecule has 1 aliphatic heterocycles. The van der Waals surface area contributed by atoms with E-state index in [-0.39, 0.29) is 10.7 Å². The fourth-order valence-corrected chi connectivity index (χ4v) is 6.89. The Morgan fingerprint density at radius 3 is 2.48 bits per heavy atom. The number of amidine groups is 1. The number of nitrogen functional groups attached to an aromatic ring is 1. The van der Waals surface area contributed by atoms with Crippen LogP contribution in [0.4, 0.5) is 0 Å². The number of halogens is 2. The van der Waals surface area contributed by atoms with Crippen molar-refractivity contribution >= 4 is 39.1 Å². The van der Waals surface area contributed by atoms with Crippen LogP contribution in [-0.2, 0) is 16.4 Å². The lowest BCUT2D eigenvalue weighted by atomic mass is 9.92. The molecule has 3 aromatic carbocycles. The van der Waals surface area contributed by atoms with Crippen molar-refractivity contribution in [2.75, 3.05) is 19.6 Å². The highest BCUT2D eigenvalue weighted by Crippen LogP contribution is 2.32. The molecule has 3 aromatic rings. The summed E-state index contributed by atoms with van der Waals surface area (Å²) in [5, 5.41) is 8.74. The van der Waals surface area contributed by atoms with Gasteiger partial charge in [-0.05, 0) is 79.6 Å². The van der Waals surface area contributed by atoms with Gasteiger partial charge in [-0.25, -0.2) is 13.1 Å². The number of nitrogens with one attached hydrogen (secondary N) is 2. The molecule has 1 unspecified atom stereocenters. The molecule has 0 saturated carbocycles. The quantitative estimate of drug-likeness (QED) is 0.173. The predicted octanol–water partition coefficient (Wildman–Crippen LogP) is 5.41. The zero-order valence-corrected chi connectivity index (χ0v) is 24.6. The van der Waals surface area contributed by atoms with E-state index in [0.29, 0.717) is 51.3 Å². The fraction of sp³-hybridized carbons (Fsp3) is 0.300. The second-order valence-electron chi connectivity index (χ2n) is 10.1. The Bertz CT molecular complexity index is 1490. The summed E-state index contributed by atoms with van der Waals surface area (Å²) in [5.41, 5.74) is 15.0.